The summed E-state index contributed by atoms with van der Waals surface area (Å²) in [5, 5.41) is 14.2. The van der Waals surface area contributed by atoms with Crippen LogP contribution in [-0.2, 0) is 11.3 Å². The lowest BCUT2D eigenvalue weighted by Gasteiger charge is -2.17. The molecule has 0 radical (unpaired) electrons. The van der Waals surface area contributed by atoms with Crippen molar-refractivity contribution in [3.63, 3.8) is 0 Å². The highest BCUT2D eigenvalue weighted by Gasteiger charge is 2.15. The fraction of sp³-hybridized carbons (Fsp3) is 0.467. The van der Waals surface area contributed by atoms with Gasteiger partial charge in [0.05, 0.1) is 13.5 Å². The summed E-state index contributed by atoms with van der Waals surface area (Å²) in [6.45, 7) is 2.27. The molecule has 6 heteroatoms. The van der Waals surface area contributed by atoms with Gasteiger partial charge < -0.3 is 20.5 Å². The van der Waals surface area contributed by atoms with E-state index >= 15 is 0 Å². The Labute approximate surface area is 124 Å². The van der Waals surface area contributed by atoms with Crippen molar-refractivity contribution in [1.82, 2.24) is 10.6 Å². The van der Waals surface area contributed by atoms with E-state index in [1.807, 2.05) is 31.2 Å². The standard InChI is InChI=1S/C15H22N2O4/c1-3-6-12(9-14(18)19)17-15(20)16-10-11-7-4-5-8-13(11)21-2/h4-5,7-8,12H,3,6,9-10H2,1-2H3,(H,18,19)(H2,16,17,20). The molecular weight excluding hydrogens is 272 g/mol. The lowest BCUT2D eigenvalue weighted by molar-refractivity contribution is -0.137. The molecule has 2 amide bonds. The van der Waals surface area contributed by atoms with Crippen molar-refractivity contribution in [1.29, 1.82) is 0 Å². The zero-order chi connectivity index (χ0) is 15.7. The Morgan fingerprint density at radius 2 is 2.05 bits per heavy atom. The van der Waals surface area contributed by atoms with Gasteiger partial charge in [0.1, 0.15) is 5.75 Å². The largest absolute Gasteiger partial charge is 0.496 e. The highest BCUT2D eigenvalue weighted by molar-refractivity contribution is 5.75. The quantitative estimate of drug-likeness (QED) is 0.685. The van der Waals surface area contributed by atoms with Crippen LogP contribution in [0.15, 0.2) is 24.3 Å². The molecule has 0 aliphatic carbocycles. The molecule has 3 N–H and O–H groups in total. The first-order valence-corrected chi connectivity index (χ1v) is 6.94. The van der Waals surface area contributed by atoms with Crippen molar-refractivity contribution in [2.75, 3.05) is 7.11 Å². The monoisotopic (exact) mass is 294 g/mol. The van der Waals surface area contributed by atoms with Gasteiger partial charge in [0.25, 0.3) is 0 Å². The molecule has 0 aliphatic rings. The van der Waals surface area contributed by atoms with E-state index in [1.165, 1.54) is 0 Å². The van der Waals surface area contributed by atoms with E-state index in [-0.39, 0.29) is 18.5 Å². The van der Waals surface area contributed by atoms with Gasteiger partial charge in [-0.1, -0.05) is 31.5 Å². The Hall–Kier alpha value is -2.24. The first kappa shape index (κ1) is 16.8. The van der Waals surface area contributed by atoms with Gasteiger partial charge in [0, 0.05) is 18.2 Å². The number of hydrogen-bond acceptors (Lipinski definition) is 3. The number of amides is 2. The van der Waals surface area contributed by atoms with Gasteiger partial charge >= 0.3 is 12.0 Å². The summed E-state index contributed by atoms with van der Waals surface area (Å²) in [5.41, 5.74) is 0.862. The summed E-state index contributed by atoms with van der Waals surface area (Å²) >= 11 is 0. The normalized spacial score (nSPS) is 11.5. The number of rotatable bonds is 8. The second kappa shape index (κ2) is 8.84. The van der Waals surface area contributed by atoms with Gasteiger partial charge in [-0.25, -0.2) is 4.79 Å². The maximum atomic E-state index is 11.8. The Kier molecular flexibility index (Phi) is 7.08. The molecular formula is C15H22N2O4. The van der Waals surface area contributed by atoms with Gasteiger partial charge in [-0.3, -0.25) is 4.79 Å². The van der Waals surface area contributed by atoms with Gasteiger partial charge in [-0.2, -0.15) is 0 Å². The van der Waals surface area contributed by atoms with Crippen LogP contribution in [0.25, 0.3) is 0 Å². The second-order valence-electron chi connectivity index (χ2n) is 4.72. The van der Waals surface area contributed by atoms with Crippen molar-refractivity contribution in [2.24, 2.45) is 0 Å². The minimum absolute atomic E-state index is 0.0735. The van der Waals surface area contributed by atoms with E-state index < -0.39 is 5.97 Å². The fourth-order valence-corrected chi connectivity index (χ4v) is 2.05. The summed E-state index contributed by atoms with van der Waals surface area (Å²) in [7, 11) is 1.57. The average molecular weight is 294 g/mol. The SMILES string of the molecule is CCCC(CC(=O)O)NC(=O)NCc1ccccc1OC. The molecule has 0 bridgehead atoms. The number of methoxy groups -OCH3 is 1. The third-order valence-electron chi connectivity index (χ3n) is 3.03. The number of hydrogen-bond donors (Lipinski definition) is 3. The van der Waals surface area contributed by atoms with Gasteiger partial charge in [-0.15, -0.1) is 0 Å². The molecule has 0 fully saturated rings. The van der Waals surface area contributed by atoms with Crippen molar-refractivity contribution in [3.05, 3.63) is 29.8 Å². The number of benzene rings is 1. The molecule has 0 spiro atoms. The molecule has 21 heavy (non-hydrogen) atoms. The number of ether oxygens (including phenoxy) is 1. The molecule has 0 saturated heterocycles. The van der Waals surface area contributed by atoms with Gasteiger partial charge in [0.2, 0.25) is 0 Å². The smallest absolute Gasteiger partial charge is 0.315 e. The summed E-state index contributed by atoms with van der Waals surface area (Å²) in [6.07, 6.45) is 1.37. The molecule has 0 saturated carbocycles. The summed E-state index contributed by atoms with van der Waals surface area (Å²) < 4.78 is 5.20. The molecule has 1 aromatic rings. The predicted octanol–water partition coefficient (Wildman–Crippen LogP) is 2.14. The number of para-hydroxylation sites is 1. The van der Waals surface area contributed by atoms with Crippen LogP contribution in [-0.4, -0.2) is 30.3 Å². The highest BCUT2D eigenvalue weighted by atomic mass is 16.5. The maximum absolute atomic E-state index is 11.8. The van der Waals surface area contributed by atoms with E-state index in [2.05, 4.69) is 10.6 Å². The molecule has 1 aromatic carbocycles. The fourth-order valence-electron chi connectivity index (χ4n) is 2.05. The van der Waals surface area contributed by atoms with Crippen LogP contribution in [0.1, 0.15) is 31.7 Å². The van der Waals surface area contributed by atoms with Gasteiger partial charge in [0.15, 0.2) is 0 Å². The number of carboxylic acids is 1. The van der Waals surface area contributed by atoms with Crippen molar-refractivity contribution in [2.45, 2.75) is 38.8 Å². The molecule has 1 atom stereocenters. The average Bonchev–Trinajstić information content (AvgIpc) is 2.45. The zero-order valence-corrected chi connectivity index (χ0v) is 12.4. The zero-order valence-electron chi connectivity index (χ0n) is 12.4. The van der Waals surface area contributed by atoms with Crippen LogP contribution in [0.4, 0.5) is 4.79 Å². The van der Waals surface area contributed by atoms with Crippen molar-refractivity contribution < 1.29 is 19.4 Å². The Bertz CT molecular complexity index is 476. The summed E-state index contributed by atoms with van der Waals surface area (Å²) in [6, 6.07) is 6.67. The predicted molar refractivity (Wildman–Crippen MR) is 79.3 cm³/mol. The minimum atomic E-state index is -0.918. The third-order valence-corrected chi connectivity index (χ3v) is 3.03. The topological polar surface area (TPSA) is 87.7 Å². The number of carbonyl (C=O) groups is 2. The van der Waals surface area contributed by atoms with Crippen LogP contribution in [0.3, 0.4) is 0 Å². The van der Waals surface area contributed by atoms with E-state index in [0.717, 1.165) is 12.0 Å². The van der Waals surface area contributed by atoms with E-state index in [0.29, 0.717) is 18.7 Å². The molecule has 116 valence electrons. The maximum Gasteiger partial charge on any atom is 0.315 e. The van der Waals surface area contributed by atoms with Crippen LogP contribution < -0.4 is 15.4 Å². The second-order valence-corrected chi connectivity index (χ2v) is 4.72. The van der Waals surface area contributed by atoms with Crippen LogP contribution in [0.2, 0.25) is 0 Å². The lowest BCUT2D eigenvalue weighted by Crippen LogP contribution is -2.42. The molecule has 0 aliphatic heterocycles. The van der Waals surface area contributed by atoms with E-state index in [9.17, 15) is 9.59 Å². The number of urea groups is 1. The van der Waals surface area contributed by atoms with Crippen molar-refractivity contribution in [3.8, 4) is 5.75 Å². The molecule has 1 rings (SSSR count). The summed E-state index contributed by atoms with van der Waals surface area (Å²) in [4.78, 5) is 22.6. The minimum Gasteiger partial charge on any atom is -0.496 e. The highest BCUT2D eigenvalue weighted by Crippen LogP contribution is 2.16. The molecule has 0 heterocycles. The lowest BCUT2D eigenvalue weighted by atomic mass is 10.1. The van der Waals surface area contributed by atoms with Crippen LogP contribution >= 0.6 is 0 Å². The Balaban J connectivity index is 2.50. The molecule has 1 unspecified atom stereocenters. The molecule has 0 aromatic heterocycles. The number of aliphatic carboxylic acids is 1. The first-order valence-electron chi connectivity index (χ1n) is 6.94. The van der Waals surface area contributed by atoms with Gasteiger partial charge in [-0.05, 0) is 12.5 Å². The first-order chi connectivity index (χ1) is 10.1. The van der Waals surface area contributed by atoms with E-state index in [1.54, 1.807) is 7.11 Å². The van der Waals surface area contributed by atoms with E-state index in [4.69, 9.17) is 9.84 Å². The third kappa shape index (κ3) is 6.16. The van der Waals surface area contributed by atoms with Crippen molar-refractivity contribution >= 4 is 12.0 Å². The number of carboxylic acid groups (broad SMARTS) is 1. The summed E-state index contributed by atoms with van der Waals surface area (Å²) in [5.74, 6) is -0.216. The Morgan fingerprint density at radius 3 is 2.67 bits per heavy atom. The number of carbonyl (C=O) groups excluding carboxylic acids is 1. The van der Waals surface area contributed by atoms with Crippen LogP contribution in [0, 0.1) is 0 Å². The Morgan fingerprint density at radius 1 is 1.33 bits per heavy atom. The molecule has 6 nitrogen and oxygen atoms in total. The van der Waals surface area contributed by atoms with Crippen LogP contribution in [0.5, 0.6) is 5.75 Å². The number of nitrogens with one attached hydrogen (secondary N) is 2.